The molecule has 1 N–H and O–H groups in total. The first-order chi connectivity index (χ1) is 12.6. The van der Waals surface area contributed by atoms with Crippen LogP contribution in [0.25, 0.3) is 10.1 Å². The highest BCUT2D eigenvalue weighted by atomic mass is 32.1. The first kappa shape index (κ1) is 19.3. The molecule has 3 aromatic rings. The van der Waals surface area contributed by atoms with Gasteiger partial charge < -0.3 is 14.2 Å². The zero-order valence-corrected chi connectivity index (χ0v) is 17.0. The van der Waals surface area contributed by atoms with Crippen LogP contribution in [-0.4, -0.2) is 18.3 Å². The maximum atomic E-state index is 12.7. The Kier molecular flexibility index (Phi) is 6.31. The van der Waals surface area contributed by atoms with Crippen molar-refractivity contribution < 1.29 is 18.7 Å². The predicted molar refractivity (Wildman–Crippen MR) is 108 cm³/mol. The number of aliphatic hydroxyl groups excluding tert-OH is 1. The van der Waals surface area contributed by atoms with Gasteiger partial charge in [0.15, 0.2) is 5.85 Å². The van der Waals surface area contributed by atoms with Gasteiger partial charge in [0.1, 0.15) is 0 Å². The van der Waals surface area contributed by atoms with E-state index < -0.39 is 13.4 Å². The molecule has 0 fully saturated rings. The SMILES string of the molecule is CCOP(=O)(OCC)C(O)c1ccc(C#Cc2cc3ccccc3s2)s1. The Morgan fingerprint density at radius 2 is 1.73 bits per heavy atom. The van der Waals surface area contributed by atoms with Crippen molar-refractivity contribution in [3.05, 3.63) is 57.1 Å². The molecule has 2 heterocycles. The molecular weight excluding hydrogens is 387 g/mol. The predicted octanol–water partition coefficient (Wildman–Crippen LogP) is 5.62. The van der Waals surface area contributed by atoms with Gasteiger partial charge in [0.25, 0.3) is 0 Å². The fourth-order valence-electron chi connectivity index (χ4n) is 2.42. The lowest BCUT2D eigenvalue weighted by atomic mass is 10.2. The van der Waals surface area contributed by atoms with Crippen LogP contribution in [0.5, 0.6) is 0 Å². The molecule has 4 nitrogen and oxygen atoms in total. The number of thiophene rings is 2. The van der Waals surface area contributed by atoms with Gasteiger partial charge in [-0.1, -0.05) is 18.2 Å². The molecule has 0 saturated carbocycles. The topological polar surface area (TPSA) is 55.8 Å². The van der Waals surface area contributed by atoms with Crippen LogP contribution in [0.15, 0.2) is 42.5 Å². The van der Waals surface area contributed by atoms with Crippen molar-refractivity contribution in [2.45, 2.75) is 19.7 Å². The molecule has 136 valence electrons. The van der Waals surface area contributed by atoms with Crippen LogP contribution in [0, 0.1) is 11.8 Å². The van der Waals surface area contributed by atoms with Gasteiger partial charge in [-0.2, -0.15) is 0 Å². The maximum absolute atomic E-state index is 12.7. The first-order valence-corrected chi connectivity index (χ1v) is 11.5. The quantitative estimate of drug-likeness (QED) is 0.426. The van der Waals surface area contributed by atoms with Crippen LogP contribution in [0.4, 0.5) is 0 Å². The Bertz CT molecular complexity index is 953. The van der Waals surface area contributed by atoms with Gasteiger partial charge >= 0.3 is 7.60 Å². The molecule has 1 aromatic carbocycles. The van der Waals surface area contributed by atoms with Gasteiger partial charge in [-0.05, 0) is 55.3 Å². The van der Waals surface area contributed by atoms with Gasteiger partial charge in [0.05, 0.1) is 23.0 Å². The van der Waals surface area contributed by atoms with E-state index in [2.05, 4.69) is 30.0 Å². The molecule has 0 bridgehead atoms. The molecule has 0 aliphatic rings. The highest BCUT2D eigenvalue weighted by Crippen LogP contribution is 2.60. The van der Waals surface area contributed by atoms with Gasteiger partial charge in [-0.15, -0.1) is 22.7 Å². The van der Waals surface area contributed by atoms with E-state index in [1.807, 2.05) is 18.2 Å². The van der Waals surface area contributed by atoms with E-state index in [9.17, 15) is 9.67 Å². The first-order valence-electron chi connectivity index (χ1n) is 8.23. The summed E-state index contributed by atoms with van der Waals surface area (Å²) in [6.07, 6.45) is 0. The molecule has 3 rings (SSSR count). The zero-order valence-electron chi connectivity index (χ0n) is 14.5. The fraction of sp³-hybridized carbons (Fsp3) is 0.263. The minimum Gasteiger partial charge on any atom is -0.376 e. The van der Waals surface area contributed by atoms with Crippen LogP contribution in [0.3, 0.4) is 0 Å². The van der Waals surface area contributed by atoms with Gasteiger partial charge in [-0.3, -0.25) is 4.57 Å². The van der Waals surface area contributed by atoms with Crippen molar-refractivity contribution in [3.63, 3.8) is 0 Å². The summed E-state index contributed by atoms with van der Waals surface area (Å²) in [5.74, 6) is 4.97. The molecule has 1 unspecified atom stereocenters. The smallest absolute Gasteiger partial charge is 0.364 e. The van der Waals surface area contributed by atoms with Crippen LogP contribution < -0.4 is 0 Å². The van der Waals surface area contributed by atoms with E-state index in [4.69, 9.17) is 9.05 Å². The monoisotopic (exact) mass is 406 g/mol. The number of benzene rings is 1. The Morgan fingerprint density at radius 3 is 2.42 bits per heavy atom. The highest BCUT2D eigenvalue weighted by molar-refractivity contribution is 7.54. The van der Waals surface area contributed by atoms with Gasteiger partial charge in [0.2, 0.25) is 0 Å². The zero-order chi connectivity index (χ0) is 18.6. The molecule has 0 aliphatic carbocycles. The van der Waals surface area contributed by atoms with Crippen molar-refractivity contribution in [3.8, 4) is 11.8 Å². The van der Waals surface area contributed by atoms with Crippen molar-refractivity contribution in [1.82, 2.24) is 0 Å². The largest absolute Gasteiger partial charge is 0.376 e. The molecule has 0 radical (unpaired) electrons. The number of hydrogen-bond acceptors (Lipinski definition) is 6. The molecule has 0 amide bonds. The molecule has 7 heteroatoms. The maximum Gasteiger partial charge on any atom is 0.364 e. The van der Waals surface area contributed by atoms with Crippen LogP contribution in [-0.2, 0) is 13.6 Å². The van der Waals surface area contributed by atoms with Crippen molar-refractivity contribution in [2.75, 3.05) is 13.2 Å². The Balaban J connectivity index is 1.80. The van der Waals surface area contributed by atoms with Crippen molar-refractivity contribution in [1.29, 1.82) is 0 Å². The highest BCUT2D eigenvalue weighted by Gasteiger charge is 2.36. The third-order valence-corrected chi connectivity index (χ3v) is 7.91. The minimum absolute atomic E-state index is 0.207. The van der Waals surface area contributed by atoms with E-state index in [0.29, 0.717) is 4.88 Å². The second-order valence-electron chi connectivity index (χ2n) is 5.35. The summed E-state index contributed by atoms with van der Waals surface area (Å²) < 4.78 is 24.3. The summed E-state index contributed by atoms with van der Waals surface area (Å²) >= 11 is 2.94. The molecule has 26 heavy (non-hydrogen) atoms. The number of fused-ring (bicyclic) bond motifs is 1. The lowest BCUT2D eigenvalue weighted by Gasteiger charge is -2.21. The summed E-state index contributed by atoms with van der Waals surface area (Å²) in [4.78, 5) is 2.29. The summed E-state index contributed by atoms with van der Waals surface area (Å²) in [7, 11) is -3.60. The van der Waals surface area contributed by atoms with Crippen LogP contribution >= 0.6 is 30.3 Å². The van der Waals surface area contributed by atoms with Crippen LogP contribution in [0.2, 0.25) is 0 Å². The lowest BCUT2D eigenvalue weighted by molar-refractivity contribution is 0.152. The van der Waals surface area contributed by atoms with E-state index in [-0.39, 0.29) is 13.2 Å². The molecule has 2 aromatic heterocycles. The Morgan fingerprint density at radius 1 is 1.04 bits per heavy atom. The average Bonchev–Trinajstić information content (AvgIpc) is 3.26. The average molecular weight is 406 g/mol. The van der Waals surface area contributed by atoms with E-state index >= 15 is 0 Å². The Hall–Kier alpha value is -1.45. The van der Waals surface area contributed by atoms with Gasteiger partial charge in [-0.25, -0.2) is 0 Å². The summed E-state index contributed by atoms with van der Waals surface area (Å²) in [5, 5.41) is 11.6. The second-order valence-corrected chi connectivity index (χ2v) is 9.63. The lowest BCUT2D eigenvalue weighted by Crippen LogP contribution is -2.04. The number of aliphatic hydroxyl groups is 1. The number of rotatable bonds is 6. The minimum atomic E-state index is -3.60. The third kappa shape index (κ3) is 4.27. The molecule has 0 aliphatic heterocycles. The van der Waals surface area contributed by atoms with E-state index in [1.165, 1.54) is 21.4 Å². The normalized spacial score (nSPS) is 12.7. The standard InChI is InChI=1S/C19H19O4PS2/c1-3-22-24(21,23-4-2)19(20)18-12-11-15(25-18)9-10-16-13-14-7-5-6-8-17(14)26-16/h5-8,11-13,19-20H,3-4H2,1-2H3. The Labute approximate surface area is 160 Å². The van der Waals surface area contributed by atoms with Gasteiger partial charge in [0, 0.05) is 9.58 Å². The second kappa shape index (κ2) is 8.49. The van der Waals surface area contributed by atoms with Crippen molar-refractivity contribution >= 4 is 40.4 Å². The summed E-state index contributed by atoms with van der Waals surface area (Å²) in [6.45, 7) is 3.85. The van der Waals surface area contributed by atoms with Crippen molar-refractivity contribution in [2.24, 2.45) is 0 Å². The van der Waals surface area contributed by atoms with E-state index in [0.717, 1.165) is 9.75 Å². The summed E-state index contributed by atoms with van der Waals surface area (Å²) in [6, 6.07) is 13.8. The molecular formula is C19H19O4PS2. The summed E-state index contributed by atoms with van der Waals surface area (Å²) in [5.41, 5.74) is 0. The molecule has 0 saturated heterocycles. The number of hydrogen-bond donors (Lipinski definition) is 1. The van der Waals surface area contributed by atoms with Crippen LogP contribution in [0.1, 0.15) is 34.3 Å². The molecule has 0 spiro atoms. The third-order valence-electron chi connectivity index (χ3n) is 3.53. The fourth-order valence-corrected chi connectivity index (χ4v) is 6.09. The molecule has 1 atom stereocenters. The van der Waals surface area contributed by atoms with E-state index in [1.54, 1.807) is 31.3 Å².